The number of carboxylic acid groups (broad SMARTS) is 1. The molecule has 1 aliphatic rings. The van der Waals surface area contributed by atoms with E-state index in [0.29, 0.717) is 12.2 Å². The second-order valence-electron chi connectivity index (χ2n) is 6.88. The third kappa shape index (κ3) is 5.06. The van der Waals surface area contributed by atoms with E-state index in [2.05, 4.69) is 10.6 Å². The number of hydrogen-bond acceptors (Lipinski definition) is 3. The van der Waals surface area contributed by atoms with Crippen molar-refractivity contribution in [3.05, 3.63) is 59.4 Å². The highest BCUT2D eigenvalue weighted by Crippen LogP contribution is 2.26. The summed E-state index contributed by atoms with van der Waals surface area (Å²) in [7, 11) is 0. The zero-order valence-electron chi connectivity index (χ0n) is 15.0. The molecule has 1 aliphatic carbocycles. The Labute approximate surface area is 157 Å². The van der Waals surface area contributed by atoms with E-state index >= 15 is 0 Å². The van der Waals surface area contributed by atoms with Crippen LogP contribution in [0.2, 0.25) is 0 Å². The highest BCUT2D eigenvalue weighted by molar-refractivity contribution is 5.93. The first kappa shape index (κ1) is 18.9. The van der Waals surface area contributed by atoms with Crippen molar-refractivity contribution < 1.29 is 19.1 Å². The van der Waals surface area contributed by atoms with E-state index in [-0.39, 0.29) is 23.1 Å². The van der Waals surface area contributed by atoms with E-state index in [4.69, 9.17) is 5.11 Å². The summed E-state index contributed by atoms with van der Waals surface area (Å²) in [6.45, 7) is 0.392. The molecule has 0 aromatic heterocycles. The Morgan fingerprint density at radius 1 is 1.07 bits per heavy atom. The number of anilines is 2. The van der Waals surface area contributed by atoms with Crippen LogP contribution in [0.25, 0.3) is 0 Å². The van der Waals surface area contributed by atoms with Crippen LogP contribution >= 0.6 is 0 Å². The van der Waals surface area contributed by atoms with Crippen molar-refractivity contribution in [1.29, 1.82) is 0 Å². The molecular formula is C21H23FN2O3. The van der Waals surface area contributed by atoms with Gasteiger partial charge in [-0.05, 0) is 48.7 Å². The van der Waals surface area contributed by atoms with Gasteiger partial charge >= 0.3 is 5.97 Å². The van der Waals surface area contributed by atoms with Gasteiger partial charge in [0.2, 0.25) is 5.91 Å². The number of carbonyl (C=O) groups is 2. The number of carboxylic acids is 1. The van der Waals surface area contributed by atoms with Crippen LogP contribution in [0, 0.1) is 11.7 Å². The number of aromatic carboxylic acids is 1. The maximum atomic E-state index is 14.1. The van der Waals surface area contributed by atoms with Crippen molar-refractivity contribution in [1.82, 2.24) is 0 Å². The summed E-state index contributed by atoms with van der Waals surface area (Å²) in [6.07, 6.45) is 4.94. The number of amides is 1. The predicted octanol–water partition coefficient (Wildman–Crippen LogP) is 4.65. The minimum absolute atomic E-state index is 0.0477. The second-order valence-corrected chi connectivity index (χ2v) is 6.88. The van der Waals surface area contributed by atoms with Crippen LogP contribution in [-0.2, 0) is 11.3 Å². The largest absolute Gasteiger partial charge is 0.478 e. The van der Waals surface area contributed by atoms with Gasteiger partial charge in [-0.15, -0.1) is 0 Å². The number of nitrogens with one attached hydrogen (secondary N) is 2. The van der Waals surface area contributed by atoms with Gasteiger partial charge in [-0.1, -0.05) is 31.4 Å². The Morgan fingerprint density at radius 3 is 2.59 bits per heavy atom. The molecule has 27 heavy (non-hydrogen) atoms. The highest BCUT2D eigenvalue weighted by atomic mass is 19.1. The Bertz CT molecular complexity index is 832. The van der Waals surface area contributed by atoms with Crippen LogP contribution in [0.4, 0.5) is 15.8 Å². The summed E-state index contributed by atoms with van der Waals surface area (Å²) in [4.78, 5) is 23.4. The lowest BCUT2D eigenvalue weighted by Gasteiger charge is -2.21. The summed E-state index contributed by atoms with van der Waals surface area (Å²) >= 11 is 0. The Kier molecular flexibility index (Phi) is 6.06. The van der Waals surface area contributed by atoms with Crippen LogP contribution in [0.3, 0.4) is 0 Å². The molecule has 0 aliphatic heterocycles. The van der Waals surface area contributed by atoms with Crippen LogP contribution in [0.15, 0.2) is 42.5 Å². The first-order valence-electron chi connectivity index (χ1n) is 9.19. The van der Waals surface area contributed by atoms with Gasteiger partial charge in [-0.25, -0.2) is 9.18 Å². The first-order valence-corrected chi connectivity index (χ1v) is 9.19. The topological polar surface area (TPSA) is 78.4 Å². The third-order valence-corrected chi connectivity index (χ3v) is 4.87. The Morgan fingerprint density at radius 2 is 1.85 bits per heavy atom. The van der Waals surface area contributed by atoms with Gasteiger partial charge in [-0.3, -0.25) is 4.79 Å². The van der Waals surface area contributed by atoms with Crippen LogP contribution in [0.5, 0.6) is 0 Å². The maximum Gasteiger partial charge on any atom is 0.335 e. The minimum atomic E-state index is -0.980. The van der Waals surface area contributed by atoms with E-state index in [1.165, 1.54) is 12.1 Å². The van der Waals surface area contributed by atoms with Crippen molar-refractivity contribution in [2.24, 2.45) is 5.92 Å². The molecule has 2 aromatic carbocycles. The van der Waals surface area contributed by atoms with E-state index in [0.717, 1.165) is 37.7 Å². The average Bonchev–Trinajstić information content (AvgIpc) is 2.69. The standard InChI is InChI=1S/C21H23FN2O3/c22-18-10-9-17(23-13-14-5-4-8-16(11-14)21(26)27)12-19(18)24-20(25)15-6-2-1-3-7-15/h4-5,8-12,15,23H,1-3,6-7,13H2,(H,24,25)(H,26,27). The van der Waals surface area contributed by atoms with Crippen molar-refractivity contribution in [3.8, 4) is 0 Å². The third-order valence-electron chi connectivity index (χ3n) is 4.87. The van der Waals surface area contributed by atoms with Crippen molar-refractivity contribution in [2.45, 2.75) is 38.6 Å². The molecule has 1 amide bonds. The number of rotatable bonds is 6. The molecular weight excluding hydrogens is 347 g/mol. The van der Waals surface area contributed by atoms with Crippen molar-refractivity contribution in [3.63, 3.8) is 0 Å². The highest BCUT2D eigenvalue weighted by Gasteiger charge is 2.22. The monoisotopic (exact) mass is 370 g/mol. The fraction of sp³-hybridized carbons (Fsp3) is 0.333. The second kappa shape index (κ2) is 8.66. The molecule has 3 N–H and O–H groups in total. The quantitative estimate of drug-likeness (QED) is 0.691. The zero-order chi connectivity index (χ0) is 19.2. The molecule has 5 nitrogen and oxygen atoms in total. The zero-order valence-corrected chi connectivity index (χ0v) is 15.0. The van der Waals surface area contributed by atoms with Crippen LogP contribution in [0.1, 0.15) is 48.0 Å². The summed E-state index contributed by atoms with van der Waals surface area (Å²) in [5, 5.41) is 14.9. The molecule has 0 saturated heterocycles. The molecule has 0 unspecified atom stereocenters. The van der Waals surface area contributed by atoms with Gasteiger partial charge in [0.1, 0.15) is 5.82 Å². The number of halogens is 1. The van der Waals surface area contributed by atoms with E-state index < -0.39 is 11.8 Å². The smallest absolute Gasteiger partial charge is 0.335 e. The molecule has 142 valence electrons. The SMILES string of the molecule is O=C(O)c1cccc(CNc2ccc(F)c(NC(=O)C3CCCCC3)c2)c1. The van der Waals surface area contributed by atoms with Gasteiger partial charge < -0.3 is 15.7 Å². The number of carbonyl (C=O) groups excluding carboxylic acids is 1. The molecule has 0 spiro atoms. The van der Waals surface area contributed by atoms with Crippen molar-refractivity contribution in [2.75, 3.05) is 10.6 Å². The van der Waals surface area contributed by atoms with Crippen LogP contribution in [-0.4, -0.2) is 17.0 Å². The molecule has 3 rings (SSSR count). The summed E-state index contributed by atoms with van der Waals surface area (Å²) in [5.41, 5.74) is 1.83. The average molecular weight is 370 g/mol. The fourth-order valence-electron chi connectivity index (χ4n) is 3.35. The van der Waals surface area contributed by atoms with Crippen LogP contribution < -0.4 is 10.6 Å². The van der Waals surface area contributed by atoms with Gasteiger partial charge in [0, 0.05) is 18.2 Å². The predicted molar refractivity (Wildman–Crippen MR) is 102 cm³/mol. The molecule has 2 aromatic rings. The summed E-state index contributed by atoms with van der Waals surface area (Å²) in [6, 6.07) is 11.1. The lowest BCUT2D eigenvalue weighted by atomic mass is 9.88. The van der Waals surface area contributed by atoms with Gasteiger partial charge in [0.25, 0.3) is 0 Å². The van der Waals surface area contributed by atoms with Gasteiger partial charge in [0.05, 0.1) is 11.3 Å². The van der Waals surface area contributed by atoms with Crippen molar-refractivity contribution >= 4 is 23.3 Å². The molecule has 0 bridgehead atoms. The maximum absolute atomic E-state index is 14.1. The van der Waals surface area contributed by atoms with E-state index in [1.54, 1.807) is 24.3 Å². The normalized spacial score (nSPS) is 14.6. The fourth-order valence-corrected chi connectivity index (χ4v) is 3.35. The summed E-state index contributed by atoms with van der Waals surface area (Å²) in [5.74, 6) is -1.63. The number of benzene rings is 2. The molecule has 0 heterocycles. The first-order chi connectivity index (χ1) is 13.0. The Hall–Kier alpha value is -2.89. The van der Waals surface area contributed by atoms with Gasteiger partial charge in [0.15, 0.2) is 0 Å². The van der Waals surface area contributed by atoms with E-state index in [9.17, 15) is 14.0 Å². The summed E-state index contributed by atoms with van der Waals surface area (Å²) < 4.78 is 14.1. The van der Waals surface area contributed by atoms with Gasteiger partial charge in [-0.2, -0.15) is 0 Å². The minimum Gasteiger partial charge on any atom is -0.478 e. The Balaban J connectivity index is 1.65. The molecule has 1 fully saturated rings. The lowest BCUT2D eigenvalue weighted by Crippen LogP contribution is -2.25. The molecule has 0 radical (unpaired) electrons. The van der Waals surface area contributed by atoms with E-state index in [1.807, 2.05) is 6.07 Å². The molecule has 0 atom stereocenters. The lowest BCUT2D eigenvalue weighted by molar-refractivity contribution is -0.120. The molecule has 6 heteroatoms. The molecule has 1 saturated carbocycles. The number of hydrogen-bond donors (Lipinski definition) is 3.